The molecule has 3 N–H and O–H groups in total. The highest BCUT2D eigenvalue weighted by Gasteiger charge is 2.30. The van der Waals surface area contributed by atoms with Crippen LogP contribution in [0.1, 0.15) is 66.5 Å². The van der Waals surface area contributed by atoms with E-state index in [2.05, 4.69) is 10.3 Å². The van der Waals surface area contributed by atoms with Crippen molar-refractivity contribution >= 4 is 70.1 Å². The van der Waals surface area contributed by atoms with Crippen LogP contribution in [0.25, 0.3) is 0 Å². The summed E-state index contributed by atoms with van der Waals surface area (Å²) in [5.41, 5.74) is 6.95. The van der Waals surface area contributed by atoms with Crippen LogP contribution >= 0.6 is 46.7 Å². The van der Waals surface area contributed by atoms with E-state index in [-0.39, 0.29) is 19.1 Å². The van der Waals surface area contributed by atoms with Gasteiger partial charge in [-0.05, 0) is 108 Å². The minimum absolute atomic E-state index is 0.0892. The smallest absolute Gasteiger partial charge is 0.325 e. The van der Waals surface area contributed by atoms with Gasteiger partial charge >= 0.3 is 11.9 Å². The molecule has 0 saturated carbocycles. The SMILES string of the molecule is CCOC(=O)Cn1c(C)c(Sc2ccc(Cl)cc2)c2c1CCC/C2=N\O.Cc1c(Sc2ccc(Cl)cc2)c2c(n1CC(=O)O)CCC/C2=N\O. The summed E-state index contributed by atoms with van der Waals surface area (Å²) in [5.74, 6) is -1.14. The Kier molecular flexibility index (Phi) is 12.7. The van der Waals surface area contributed by atoms with Crippen molar-refractivity contribution < 1.29 is 29.8 Å². The van der Waals surface area contributed by atoms with Crippen LogP contribution in [0.15, 0.2) is 78.4 Å². The molecule has 0 amide bonds. The number of carboxylic acids is 1. The number of hydrogen-bond donors (Lipinski definition) is 3. The van der Waals surface area contributed by atoms with E-state index in [1.807, 2.05) is 71.5 Å². The number of nitrogens with zero attached hydrogens (tertiary/aromatic N) is 4. The van der Waals surface area contributed by atoms with E-state index in [4.69, 9.17) is 27.9 Å². The first-order valence-electron chi connectivity index (χ1n) is 16.2. The maximum absolute atomic E-state index is 12.1. The van der Waals surface area contributed by atoms with Gasteiger partial charge in [-0.25, -0.2) is 0 Å². The molecule has 10 nitrogen and oxygen atoms in total. The van der Waals surface area contributed by atoms with Crippen LogP contribution in [0.4, 0.5) is 0 Å². The van der Waals surface area contributed by atoms with Crippen molar-refractivity contribution in [1.82, 2.24) is 9.13 Å². The zero-order valence-corrected chi connectivity index (χ0v) is 31.1. The van der Waals surface area contributed by atoms with Gasteiger partial charge in [0, 0.05) is 63.5 Å². The Morgan fingerprint density at radius 1 is 0.740 bits per heavy atom. The molecule has 0 fully saturated rings. The number of carboxylic acid groups (broad SMARTS) is 1. The minimum atomic E-state index is -0.882. The van der Waals surface area contributed by atoms with E-state index in [0.29, 0.717) is 34.5 Å². The van der Waals surface area contributed by atoms with Crippen molar-refractivity contribution in [3.63, 3.8) is 0 Å². The zero-order chi connectivity index (χ0) is 35.9. The van der Waals surface area contributed by atoms with Gasteiger partial charge in [-0.1, -0.05) is 57.0 Å². The fourth-order valence-corrected chi connectivity index (χ4v) is 8.80. The third-order valence-corrected chi connectivity index (χ3v) is 11.5. The highest BCUT2D eigenvalue weighted by atomic mass is 35.5. The molecule has 14 heteroatoms. The standard InChI is InChI=1S/C19H21ClN2O3S.C17H17ClN2O3S/c1-3-25-17(23)11-22-12(2)19(26-14-9-7-13(20)8-10-14)18-15(21-24)5-4-6-16(18)22;1-10-17(24-12-7-5-11(18)6-8-12)16-13(19-23)3-2-4-14(16)20(10)9-15(21)22/h7-10,24H,3-6,11H2,1-2H3;5-8,23H,2-4,9H2,1H3,(H,21,22)/b21-15+;19-13+. The Morgan fingerprint density at radius 2 is 1.16 bits per heavy atom. The van der Waals surface area contributed by atoms with Gasteiger partial charge in [-0.3, -0.25) is 9.59 Å². The summed E-state index contributed by atoms with van der Waals surface area (Å²) < 4.78 is 8.94. The molecule has 0 unspecified atom stereocenters. The van der Waals surface area contributed by atoms with Gasteiger partial charge in [0.1, 0.15) is 13.1 Å². The highest BCUT2D eigenvalue weighted by Crippen LogP contribution is 2.42. The van der Waals surface area contributed by atoms with Crippen LogP contribution in [0.2, 0.25) is 10.0 Å². The van der Waals surface area contributed by atoms with Crippen LogP contribution in [0.3, 0.4) is 0 Å². The molecular formula is C36H38Cl2N4O6S2. The van der Waals surface area contributed by atoms with E-state index in [0.717, 1.165) is 85.6 Å². The molecule has 2 aromatic carbocycles. The molecule has 2 aromatic heterocycles. The quantitative estimate of drug-likeness (QED) is 0.0875. The zero-order valence-electron chi connectivity index (χ0n) is 27.9. The number of aliphatic carboxylic acids is 1. The number of esters is 1. The molecule has 0 atom stereocenters. The second-order valence-corrected chi connectivity index (χ2v) is 14.8. The number of ether oxygens (including phenoxy) is 1. The first kappa shape index (κ1) is 37.4. The Balaban J connectivity index is 0.000000195. The third-order valence-electron chi connectivity index (χ3n) is 8.58. The Bertz CT molecular complexity index is 1940. The molecule has 2 aliphatic carbocycles. The van der Waals surface area contributed by atoms with Crippen molar-refractivity contribution in [3.8, 4) is 0 Å². The number of carbonyl (C=O) groups is 2. The highest BCUT2D eigenvalue weighted by molar-refractivity contribution is 7.99. The van der Waals surface area contributed by atoms with Crippen LogP contribution in [0, 0.1) is 13.8 Å². The summed E-state index contributed by atoms with van der Waals surface area (Å²) in [7, 11) is 0. The van der Waals surface area contributed by atoms with E-state index >= 15 is 0 Å². The summed E-state index contributed by atoms with van der Waals surface area (Å²) in [4.78, 5) is 27.3. The molecule has 6 rings (SSSR count). The van der Waals surface area contributed by atoms with Gasteiger partial charge in [-0.15, -0.1) is 0 Å². The second-order valence-electron chi connectivity index (χ2n) is 11.8. The Morgan fingerprint density at radius 3 is 1.54 bits per heavy atom. The van der Waals surface area contributed by atoms with Gasteiger partial charge in [0.25, 0.3) is 0 Å². The average Bonchev–Trinajstić information content (AvgIpc) is 3.52. The molecule has 0 saturated heterocycles. The normalized spacial score (nSPS) is 15.3. The molecule has 0 spiro atoms. The van der Waals surface area contributed by atoms with Crippen molar-refractivity contribution in [2.24, 2.45) is 10.3 Å². The Labute approximate surface area is 309 Å². The number of hydrogen-bond acceptors (Lipinski definition) is 9. The molecule has 2 heterocycles. The molecule has 50 heavy (non-hydrogen) atoms. The number of benzene rings is 2. The number of aromatic nitrogens is 2. The lowest BCUT2D eigenvalue weighted by Crippen LogP contribution is -2.19. The van der Waals surface area contributed by atoms with Gasteiger partial charge in [-0.2, -0.15) is 0 Å². The van der Waals surface area contributed by atoms with Crippen LogP contribution in [-0.2, 0) is 40.3 Å². The van der Waals surface area contributed by atoms with Crippen molar-refractivity contribution in [1.29, 1.82) is 0 Å². The summed E-state index contributed by atoms with van der Waals surface area (Å²) >= 11 is 15.1. The predicted molar refractivity (Wildman–Crippen MR) is 196 cm³/mol. The maximum atomic E-state index is 12.1. The topological polar surface area (TPSA) is 139 Å². The van der Waals surface area contributed by atoms with Crippen LogP contribution < -0.4 is 0 Å². The summed E-state index contributed by atoms with van der Waals surface area (Å²) in [6, 6.07) is 15.1. The van der Waals surface area contributed by atoms with Gasteiger partial charge in [0.15, 0.2) is 0 Å². The fourth-order valence-electron chi connectivity index (χ4n) is 6.35. The van der Waals surface area contributed by atoms with Gasteiger partial charge in [0.05, 0.1) is 18.0 Å². The molecule has 2 aliphatic rings. The largest absolute Gasteiger partial charge is 0.480 e. The summed E-state index contributed by atoms with van der Waals surface area (Å²) in [5, 5.41) is 36.4. The first-order chi connectivity index (χ1) is 24.1. The predicted octanol–water partition coefficient (Wildman–Crippen LogP) is 8.88. The second kappa shape index (κ2) is 16.9. The minimum Gasteiger partial charge on any atom is -0.480 e. The average molecular weight is 758 g/mol. The molecular weight excluding hydrogens is 719 g/mol. The maximum Gasteiger partial charge on any atom is 0.325 e. The van der Waals surface area contributed by atoms with E-state index in [1.165, 1.54) is 0 Å². The monoisotopic (exact) mass is 756 g/mol. The molecule has 0 bridgehead atoms. The summed E-state index contributed by atoms with van der Waals surface area (Å²) in [6.45, 7) is 6.14. The fraction of sp³-hybridized carbons (Fsp3) is 0.333. The lowest BCUT2D eigenvalue weighted by atomic mass is 9.96. The van der Waals surface area contributed by atoms with Gasteiger partial charge in [0.2, 0.25) is 0 Å². The van der Waals surface area contributed by atoms with E-state index in [9.17, 15) is 25.1 Å². The van der Waals surface area contributed by atoms with Crippen molar-refractivity contribution in [2.75, 3.05) is 6.61 Å². The number of fused-ring (bicyclic) bond motifs is 2. The number of carbonyl (C=O) groups excluding carboxylic acids is 1. The van der Waals surface area contributed by atoms with Crippen LogP contribution in [-0.4, -0.2) is 54.6 Å². The molecule has 0 aliphatic heterocycles. The first-order valence-corrected chi connectivity index (χ1v) is 18.6. The lowest BCUT2D eigenvalue weighted by molar-refractivity contribution is -0.144. The summed E-state index contributed by atoms with van der Waals surface area (Å²) in [6.07, 6.45) is 4.78. The van der Waals surface area contributed by atoms with Crippen LogP contribution in [0.5, 0.6) is 0 Å². The number of rotatable bonds is 9. The van der Waals surface area contributed by atoms with Gasteiger partial charge < -0.3 is 29.4 Å². The van der Waals surface area contributed by atoms with E-state index in [1.54, 1.807) is 30.4 Å². The molecule has 4 aromatic rings. The molecule has 264 valence electrons. The number of oxime groups is 2. The Hall–Kier alpha value is -3.84. The van der Waals surface area contributed by atoms with Crippen molar-refractivity contribution in [3.05, 3.63) is 92.5 Å². The number of halogens is 2. The van der Waals surface area contributed by atoms with E-state index < -0.39 is 5.97 Å². The molecule has 0 radical (unpaired) electrons. The third kappa shape index (κ3) is 8.37. The lowest BCUT2D eigenvalue weighted by Gasteiger charge is -2.17. The van der Waals surface area contributed by atoms with Crippen molar-refractivity contribution in [2.45, 2.75) is 92.0 Å².